The van der Waals surface area contributed by atoms with Gasteiger partial charge in [-0.1, -0.05) is 90.5 Å². The summed E-state index contributed by atoms with van der Waals surface area (Å²) >= 11 is 6.55. The molecular weight excluding hydrogens is 594 g/mol. The Bertz CT molecular complexity index is 1700. The van der Waals surface area contributed by atoms with E-state index in [9.17, 15) is 18.0 Å². The summed E-state index contributed by atoms with van der Waals surface area (Å²) in [6.07, 6.45) is 0.227. The van der Waals surface area contributed by atoms with Crippen molar-refractivity contribution in [2.24, 2.45) is 0 Å². The molecule has 0 heterocycles. The van der Waals surface area contributed by atoms with Gasteiger partial charge >= 0.3 is 0 Å². The van der Waals surface area contributed by atoms with Crippen molar-refractivity contribution < 1.29 is 18.0 Å². The number of hydrogen-bond donors (Lipinski definition) is 1. The number of halogens is 1. The molecule has 0 saturated carbocycles. The number of anilines is 1. The van der Waals surface area contributed by atoms with Gasteiger partial charge in [0, 0.05) is 24.0 Å². The van der Waals surface area contributed by atoms with Crippen LogP contribution in [0, 0.1) is 13.8 Å². The number of nitrogens with one attached hydrogen (secondary N) is 1. The second-order valence-corrected chi connectivity index (χ2v) is 13.4. The summed E-state index contributed by atoms with van der Waals surface area (Å²) in [4.78, 5) is 29.8. The van der Waals surface area contributed by atoms with Crippen LogP contribution in [0.2, 0.25) is 5.02 Å². The van der Waals surface area contributed by atoms with Crippen LogP contribution in [0.4, 0.5) is 5.69 Å². The largest absolute Gasteiger partial charge is 0.352 e. The summed E-state index contributed by atoms with van der Waals surface area (Å²) in [6, 6.07) is 29.0. The average molecular weight is 632 g/mol. The first-order valence-corrected chi connectivity index (χ1v) is 16.3. The predicted molar refractivity (Wildman–Crippen MR) is 176 cm³/mol. The highest BCUT2D eigenvalue weighted by molar-refractivity contribution is 7.92. The fourth-order valence-electron chi connectivity index (χ4n) is 4.97. The van der Waals surface area contributed by atoms with E-state index in [2.05, 4.69) is 5.32 Å². The highest BCUT2D eigenvalue weighted by Crippen LogP contribution is 2.29. The quantitative estimate of drug-likeness (QED) is 0.198. The lowest BCUT2D eigenvalue weighted by Crippen LogP contribution is -2.54. The molecule has 0 aliphatic carbocycles. The highest BCUT2D eigenvalue weighted by Gasteiger charge is 2.35. The Morgan fingerprint density at radius 3 is 2.09 bits per heavy atom. The Labute approximate surface area is 265 Å². The van der Waals surface area contributed by atoms with E-state index in [0.717, 1.165) is 15.4 Å². The molecule has 0 spiro atoms. The smallest absolute Gasteiger partial charge is 0.264 e. The molecule has 0 aliphatic heterocycles. The first kappa shape index (κ1) is 32.8. The zero-order valence-corrected chi connectivity index (χ0v) is 27.0. The molecule has 0 bridgehead atoms. The number of carbonyl (C=O) groups excluding carboxylic acids is 2. The van der Waals surface area contributed by atoms with Crippen LogP contribution in [0.15, 0.2) is 108 Å². The zero-order valence-electron chi connectivity index (χ0n) is 25.4. The average Bonchev–Trinajstić information content (AvgIpc) is 3.00. The van der Waals surface area contributed by atoms with Crippen LogP contribution in [-0.2, 0) is 32.6 Å². The summed E-state index contributed by atoms with van der Waals surface area (Å²) < 4.78 is 29.5. The first-order valence-electron chi connectivity index (χ1n) is 14.5. The van der Waals surface area contributed by atoms with E-state index in [-0.39, 0.29) is 29.8 Å². The van der Waals surface area contributed by atoms with Gasteiger partial charge in [0.05, 0.1) is 10.6 Å². The van der Waals surface area contributed by atoms with E-state index < -0.39 is 28.5 Å². The zero-order chi connectivity index (χ0) is 31.9. The Kier molecular flexibility index (Phi) is 10.8. The number of rotatable bonds is 12. The van der Waals surface area contributed by atoms with Crippen molar-refractivity contribution >= 4 is 39.1 Å². The summed E-state index contributed by atoms with van der Waals surface area (Å²) in [6.45, 7) is 6.87. The van der Waals surface area contributed by atoms with Gasteiger partial charge in [-0.2, -0.15) is 0 Å². The molecule has 4 aromatic carbocycles. The van der Waals surface area contributed by atoms with E-state index >= 15 is 0 Å². The molecule has 230 valence electrons. The summed E-state index contributed by atoms with van der Waals surface area (Å²) in [5, 5.41) is 3.40. The minimum absolute atomic E-state index is 0.00749. The van der Waals surface area contributed by atoms with Crippen molar-refractivity contribution in [3.05, 3.63) is 130 Å². The Morgan fingerprint density at radius 1 is 0.841 bits per heavy atom. The molecule has 4 aromatic rings. The lowest BCUT2D eigenvalue weighted by atomic mass is 10.0. The highest BCUT2D eigenvalue weighted by atomic mass is 35.5. The van der Waals surface area contributed by atoms with Gasteiger partial charge in [0.15, 0.2) is 0 Å². The molecule has 7 nitrogen and oxygen atoms in total. The number of amides is 2. The molecule has 1 atom stereocenters. The summed E-state index contributed by atoms with van der Waals surface area (Å²) in [5.41, 5.74) is 3.43. The summed E-state index contributed by atoms with van der Waals surface area (Å²) in [7, 11) is -4.17. The van der Waals surface area contributed by atoms with Crippen LogP contribution in [0.5, 0.6) is 0 Å². The third kappa shape index (κ3) is 8.07. The van der Waals surface area contributed by atoms with Crippen molar-refractivity contribution in [3.63, 3.8) is 0 Å². The molecule has 0 aromatic heterocycles. The molecule has 0 fully saturated rings. The van der Waals surface area contributed by atoms with Crippen molar-refractivity contribution in [1.82, 2.24) is 10.2 Å². The maximum absolute atomic E-state index is 14.5. The van der Waals surface area contributed by atoms with Crippen LogP contribution in [-0.4, -0.2) is 43.8 Å². The Morgan fingerprint density at radius 2 is 1.45 bits per heavy atom. The number of nitrogens with zero attached hydrogens (tertiary/aromatic N) is 2. The van der Waals surface area contributed by atoms with Crippen LogP contribution in [0.3, 0.4) is 0 Å². The van der Waals surface area contributed by atoms with Crippen molar-refractivity contribution in [2.75, 3.05) is 10.8 Å². The molecule has 0 aliphatic rings. The van der Waals surface area contributed by atoms with Crippen LogP contribution in [0.1, 0.15) is 36.1 Å². The van der Waals surface area contributed by atoms with Gasteiger partial charge in [-0.3, -0.25) is 13.9 Å². The number of benzene rings is 4. The number of sulfonamides is 1. The molecule has 44 heavy (non-hydrogen) atoms. The van der Waals surface area contributed by atoms with Gasteiger partial charge in [-0.15, -0.1) is 0 Å². The van der Waals surface area contributed by atoms with Crippen molar-refractivity contribution in [2.45, 2.75) is 57.6 Å². The number of aryl methyl sites for hydroxylation is 2. The van der Waals surface area contributed by atoms with Crippen LogP contribution >= 0.6 is 11.6 Å². The monoisotopic (exact) mass is 631 g/mol. The fraction of sp³-hybridized carbons (Fsp3) is 0.257. The van der Waals surface area contributed by atoms with Gasteiger partial charge in [0.1, 0.15) is 12.6 Å². The lowest BCUT2D eigenvalue weighted by Gasteiger charge is -2.34. The normalized spacial score (nSPS) is 12.0. The molecular formula is C35H38ClN3O4S. The molecule has 4 rings (SSSR count). The van der Waals surface area contributed by atoms with E-state index in [4.69, 9.17) is 11.6 Å². The maximum atomic E-state index is 14.5. The van der Waals surface area contributed by atoms with E-state index in [1.54, 1.807) is 42.5 Å². The SMILES string of the molecule is Cc1ccc(C)c(N(CC(=O)N(Cc2ccccc2Cl)[C@@H](Cc2ccccc2)C(=O)NC(C)C)S(=O)(=O)c2ccccc2)c1. The Balaban J connectivity index is 1.84. The van der Waals surface area contributed by atoms with Gasteiger partial charge in [0.2, 0.25) is 11.8 Å². The van der Waals surface area contributed by atoms with Gasteiger partial charge in [0.25, 0.3) is 10.0 Å². The molecule has 0 saturated heterocycles. The molecule has 2 amide bonds. The van der Waals surface area contributed by atoms with E-state index in [1.165, 1.54) is 17.0 Å². The number of carbonyl (C=O) groups is 2. The third-order valence-electron chi connectivity index (χ3n) is 7.24. The van der Waals surface area contributed by atoms with E-state index in [1.807, 2.05) is 76.2 Å². The topological polar surface area (TPSA) is 86.8 Å². The lowest BCUT2D eigenvalue weighted by molar-refractivity contribution is -0.140. The molecule has 0 radical (unpaired) electrons. The summed E-state index contributed by atoms with van der Waals surface area (Å²) in [5.74, 6) is -0.876. The maximum Gasteiger partial charge on any atom is 0.264 e. The van der Waals surface area contributed by atoms with E-state index in [0.29, 0.717) is 21.8 Å². The standard InChI is InChI=1S/C35H38ClN3O4S/c1-25(2)37-35(41)33(22-28-13-7-5-8-14-28)38(23-29-15-11-12-18-31(29)36)34(40)24-39(32-21-26(3)19-20-27(32)4)44(42,43)30-16-9-6-10-17-30/h5-21,25,33H,22-24H2,1-4H3,(H,37,41)/t33-/m0/s1. The molecule has 9 heteroatoms. The second kappa shape index (κ2) is 14.6. The number of hydrogen-bond acceptors (Lipinski definition) is 4. The molecule has 0 unspecified atom stereocenters. The van der Waals surface area contributed by atoms with Gasteiger partial charge in [-0.25, -0.2) is 8.42 Å². The van der Waals surface area contributed by atoms with Crippen LogP contribution < -0.4 is 9.62 Å². The van der Waals surface area contributed by atoms with Crippen molar-refractivity contribution in [1.29, 1.82) is 0 Å². The first-order chi connectivity index (χ1) is 21.0. The fourth-order valence-corrected chi connectivity index (χ4v) is 6.65. The van der Waals surface area contributed by atoms with Crippen molar-refractivity contribution in [3.8, 4) is 0 Å². The Hall–Kier alpha value is -4.14. The second-order valence-electron chi connectivity index (χ2n) is 11.1. The minimum atomic E-state index is -4.17. The minimum Gasteiger partial charge on any atom is -0.352 e. The predicted octanol–water partition coefficient (Wildman–Crippen LogP) is 6.32. The molecule has 1 N–H and O–H groups in total. The van der Waals surface area contributed by atoms with Crippen LogP contribution in [0.25, 0.3) is 0 Å². The van der Waals surface area contributed by atoms with Gasteiger partial charge < -0.3 is 10.2 Å². The van der Waals surface area contributed by atoms with Gasteiger partial charge in [-0.05, 0) is 74.2 Å². The third-order valence-corrected chi connectivity index (χ3v) is 9.39.